The van der Waals surface area contributed by atoms with E-state index in [-0.39, 0.29) is 0 Å². The minimum atomic E-state index is 0.521. The van der Waals surface area contributed by atoms with Crippen LogP contribution < -0.4 is 5.32 Å². The summed E-state index contributed by atoms with van der Waals surface area (Å²) in [5, 5.41) is 3.68. The van der Waals surface area contributed by atoms with Crippen molar-refractivity contribution in [3.63, 3.8) is 0 Å². The highest BCUT2D eigenvalue weighted by molar-refractivity contribution is 4.97. The maximum atomic E-state index is 3.68. The molecule has 2 aliphatic heterocycles. The predicted octanol–water partition coefficient (Wildman–Crippen LogP) is 0.834. The van der Waals surface area contributed by atoms with Gasteiger partial charge in [-0.3, -0.25) is 0 Å². The van der Waals surface area contributed by atoms with Crippen molar-refractivity contribution in [1.82, 2.24) is 10.2 Å². The van der Waals surface area contributed by atoms with Gasteiger partial charge < -0.3 is 10.2 Å². The third-order valence-electron chi connectivity index (χ3n) is 3.13. The van der Waals surface area contributed by atoms with Crippen LogP contribution in [0.4, 0.5) is 0 Å². The van der Waals surface area contributed by atoms with Crippen LogP contribution in [0.5, 0.6) is 0 Å². The zero-order valence-corrected chi connectivity index (χ0v) is 7.40. The highest BCUT2D eigenvalue weighted by Crippen LogP contribution is 2.28. The molecule has 2 fully saturated rings. The van der Waals surface area contributed by atoms with Crippen LogP contribution in [0.15, 0.2) is 0 Å². The molecular formula is C9H18N2. The monoisotopic (exact) mass is 154 g/mol. The Labute approximate surface area is 69.0 Å². The molecule has 0 amide bonds. The topological polar surface area (TPSA) is 15.3 Å². The first-order valence-corrected chi connectivity index (χ1v) is 4.74. The predicted molar refractivity (Wildman–Crippen MR) is 46.7 cm³/mol. The fourth-order valence-electron chi connectivity index (χ4n) is 2.46. The summed E-state index contributed by atoms with van der Waals surface area (Å²) >= 11 is 0. The van der Waals surface area contributed by atoms with Crippen LogP contribution in [-0.4, -0.2) is 37.1 Å². The number of nitrogens with one attached hydrogen (secondary N) is 1. The first-order valence-electron chi connectivity index (χ1n) is 4.74. The highest BCUT2D eigenvalue weighted by atomic mass is 15.2. The molecule has 0 aliphatic carbocycles. The summed E-state index contributed by atoms with van der Waals surface area (Å²) in [6.45, 7) is 3.80. The lowest BCUT2D eigenvalue weighted by atomic mass is 9.88. The summed E-state index contributed by atoms with van der Waals surface area (Å²) in [7, 11) is 2.23. The van der Waals surface area contributed by atoms with Crippen LogP contribution in [0.3, 0.4) is 0 Å². The summed E-state index contributed by atoms with van der Waals surface area (Å²) in [5.41, 5.74) is 0.521. The molecule has 1 N–H and O–H groups in total. The molecule has 2 heteroatoms. The molecule has 0 unspecified atom stereocenters. The number of hydrogen-bond donors (Lipinski definition) is 1. The SMILES string of the molecule is CN1CC[C@@]2(CCCCN2)C1. The van der Waals surface area contributed by atoms with Gasteiger partial charge in [0, 0.05) is 12.1 Å². The van der Waals surface area contributed by atoms with E-state index in [0.717, 1.165) is 0 Å². The average molecular weight is 154 g/mol. The number of likely N-dealkylation sites (tertiary alicyclic amines) is 1. The zero-order valence-electron chi connectivity index (χ0n) is 7.40. The fraction of sp³-hybridized carbons (Fsp3) is 1.00. The van der Waals surface area contributed by atoms with Gasteiger partial charge in [-0.15, -0.1) is 0 Å². The third kappa shape index (κ3) is 1.42. The Hall–Kier alpha value is -0.0800. The second-order valence-corrected chi connectivity index (χ2v) is 4.15. The first-order chi connectivity index (χ1) is 5.31. The van der Waals surface area contributed by atoms with E-state index >= 15 is 0 Å². The molecule has 0 aromatic carbocycles. The first kappa shape index (κ1) is 7.56. The molecule has 0 bridgehead atoms. The van der Waals surface area contributed by atoms with E-state index in [0.29, 0.717) is 5.54 Å². The van der Waals surface area contributed by atoms with Crippen molar-refractivity contribution < 1.29 is 0 Å². The Balaban J connectivity index is 1.98. The minimum absolute atomic E-state index is 0.521. The molecular weight excluding hydrogens is 136 g/mol. The molecule has 2 saturated heterocycles. The number of hydrogen-bond acceptors (Lipinski definition) is 2. The van der Waals surface area contributed by atoms with Crippen LogP contribution in [0.25, 0.3) is 0 Å². The Morgan fingerprint density at radius 2 is 2.18 bits per heavy atom. The van der Waals surface area contributed by atoms with Gasteiger partial charge in [-0.05, 0) is 39.4 Å². The van der Waals surface area contributed by atoms with Gasteiger partial charge in [-0.25, -0.2) is 0 Å². The standard InChI is InChI=1S/C9H18N2/c1-11-7-5-9(8-11)4-2-3-6-10-9/h10H,2-8H2,1H3/t9-/m0/s1. The van der Waals surface area contributed by atoms with Gasteiger partial charge >= 0.3 is 0 Å². The quantitative estimate of drug-likeness (QED) is 0.556. The molecule has 0 saturated carbocycles. The molecule has 64 valence electrons. The lowest BCUT2D eigenvalue weighted by Gasteiger charge is -2.34. The Kier molecular flexibility index (Phi) is 1.90. The molecule has 2 nitrogen and oxygen atoms in total. The smallest absolute Gasteiger partial charge is 0.0320 e. The van der Waals surface area contributed by atoms with E-state index in [1.807, 2.05) is 0 Å². The summed E-state index contributed by atoms with van der Waals surface area (Å²) in [4.78, 5) is 2.44. The number of nitrogens with zero attached hydrogens (tertiary/aromatic N) is 1. The van der Waals surface area contributed by atoms with Crippen molar-refractivity contribution in [3.05, 3.63) is 0 Å². The van der Waals surface area contributed by atoms with Gasteiger partial charge in [-0.2, -0.15) is 0 Å². The van der Waals surface area contributed by atoms with E-state index in [4.69, 9.17) is 0 Å². The molecule has 0 aromatic rings. The molecule has 11 heavy (non-hydrogen) atoms. The average Bonchev–Trinajstić information content (AvgIpc) is 2.34. The fourth-order valence-corrected chi connectivity index (χ4v) is 2.46. The summed E-state index contributed by atoms with van der Waals surface area (Å²) in [5.74, 6) is 0. The zero-order chi connectivity index (χ0) is 7.73. The Bertz CT molecular complexity index is 133. The maximum absolute atomic E-state index is 3.68. The Morgan fingerprint density at radius 3 is 2.73 bits per heavy atom. The van der Waals surface area contributed by atoms with Crippen molar-refractivity contribution >= 4 is 0 Å². The molecule has 2 rings (SSSR count). The molecule has 1 atom stereocenters. The lowest BCUT2D eigenvalue weighted by molar-refractivity contribution is 0.253. The van der Waals surface area contributed by atoms with Crippen LogP contribution >= 0.6 is 0 Å². The van der Waals surface area contributed by atoms with Crippen molar-refractivity contribution in [2.75, 3.05) is 26.7 Å². The van der Waals surface area contributed by atoms with Crippen LogP contribution in [0.2, 0.25) is 0 Å². The summed E-state index contributed by atoms with van der Waals surface area (Å²) in [6.07, 6.45) is 5.58. The van der Waals surface area contributed by atoms with Crippen LogP contribution in [0.1, 0.15) is 25.7 Å². The van der Waals surface area contributed by atoms with E-state index in [2.05, 4.69) is 17.3 Å². The van der Waals surface area contributed by atoms with Crippen molar-refractivity contribution in [1.29, 1.82) is 0 Å². The number of rotatable bonds is 0. The second kappa shape index (κ2) is 2.76. The van der Waals surface area contributed by atoms with Gasteiger partial charge in [0.25, 0.3) is 0 Å². The van der Waals surface area contributed by atoms with Gasteiger partial charge in [0.2, 0.25) is 0 Å². The molecule has 0 radical (unpaired) electrons. The van der Waals surface area contributed by atoms with E-state index < -0.39 is 0 Å². The number of likely N-dealkylation sites (N-methyl/N-ethyl adjacent to an activating group) is 1. The van der Waals surface area contributed by atoms with Crippen LogP contribution in [0, 0.1) is 0 Å². The molecule has 0 aromatic heterocycles. The number of piperidine rings is 1. The second-order valence-electron chi connectivity index (χ2n) is 4.15. The highest BCUT2D eigenvalue weighted by Gasteiger charge is 2.36. The van der Waals surface area contributed by atoms with E-state index in [9.17, 15) is 0 Å². The maximum Gasteiger partial charge on any atom is 0.0320 e. The van der Waals surface area contributed by atoms with Gasteiger partial charge in [0.1, 0.15) is 0 Å². The van der Waals surface area contributed by atoms with Gasteiger partial charge in [0.15, 0.2) is 0 Å². The van der Waals surface area contributed by atoms with Gasteiger partial charge in [0.05, 0.1) is 0 Å². The van der Waals surface area contributed by atoms with Crippen molar-refractivity contribution in [3.8, 4) is 0 Å². The van der Waals surface area contributed by atoms with Crippen molar-refractivity contribution in [2.24, 2.45) is 0 Å². The molecule has 2 aliphatic rings. The summed E-state index contributed by atoms with van der Waals surface area (Å²) < 4.78 is 0. The lowest BCUT2D eigenvalue weighted by Crippen LogP contribution is -2.50. The molecule has 2 heterocycles. The van der Waals surface area contributed by atoms with Crippen LogP contribution in [-0.2, 0) is 0 Å². The van der Waals surface area contributed by atoms with E-state index in [1.165, 1.54) is 45.3 Å². The molecule has 1 spiro atoms. The van der Waals surface area contributed by atoms with Crippen molar-refractivity contribution in [2.45, 2.75) is 31.2 Å². The summed E-state index contributed by atoms with van der Waals surface area (Å²) in [6, 6.07) is 0. The Morgan fingerprint density at radius 1 is 1.27 bits per heavy atom. The third-order valence-corrected chi connectivity index (χ3v) is 3.13. The van der Waals surface area contributed by atoms with E-state index in [1.54, 1.807) is 0 Å². The normalized spacial score (nSPS) is 40.1. The largest absolute Gasteiger partial charge is 0.310 e. The van der Waals surface area contributed by atoms with Gasteiger partial charge in [-0.1, -0.05) is 6.42 Å². The minimum Gasteiger partial charge on any atom is -0.310 e.